The van der Waals surface area contributed by atoms with Crippen LogP contribution in [0.2, 0.25) is 5.02 Å². The summed E-state index contributed by atoms with van der Waals surface area (Å²) in [6.45, 7) is 3.46. The number of halogens is 1. The second-order valence-corrected chi connectivity index (χ2v) is 6.96. The third kappa shape index (κ3) is 4.12. The molecule has 1 aromatic heterocycles. The first-order valence-corrected chi connectivity index (χ1v) is 9.59. The Hall–Kier alpha value is -2.99. The summed E-state index contributed by atoms with van der Waals surface area (Å²) in [6.07, 6.45) is 1.78. The van der Waals surface area contributed by atoms with Crippen LogP contribution < -0.4 is 19.9 Å². The Morgan fingerprint density at radius 1 is 0.964 bits per heavy atom. The second kappa shape index (κ2) is 8.35. The van der Waals surface area contributed by atoms with Gasteiger partial charge < -0.3 is 19.9 Å². The zero-order valence-corrected chi connectivity index (χ0v) is 16.4. The van der Waals surface area contributed by atoms with Crippen molar-refractivity contribution in [1.29, 1.82) is 0 Å². The van der Waals surface area contributed by atoms with Crippen LogP contribution in [0.1, 0.15) is 0 Å². The van der Waals surface area contributed by atoms with E-state index in [1.807, 2.05) is 48.5 Å². The van der Waals surface area contributed by atoms with Crippen LogP contribution in [0.3, 0.4) is 0 Å². The summed E-state index contributed by atoms with van der Waals surface area (Å²) < 4.78 is 5.49. The van der Waals surface area contributed by atoms with Crippen LogP contribution in [0.15, 0.2) is 60.8 Å². The quantitative estimate of drug-likeness (QED) is 0.698. The Kier molecular flexibility index (Phi) is 5.48. The molecule has 0 amide bonds. The van der Waals surface area contributed by atoms with Crippen molar-refractivity contribution in [3.05, 3.63) is 65.8 Å². The minimum Gasteiger partial charge on any atom is -0.495 e. The molecular formula is C21H22ClN5O. The van der Waals surface area contributed by atoms with Gasteiger partial charge in [0.1, 0.15) is 11.6 Å². The molecule has 0 bridgehead atoms. The Morgan fingerprint density at radius 3 is 2.54 bits per heavy atom. The molecule has 4 rings (SSSR count). The van der Waals surface area contributed by atoms with Gasteiger partial charge in [0.25, 0.3) is 0 Å². The summed E-state index contributed by atoms with van der Waals surface area (Å²) in [5, 5.41) is 3.97. The van der Waals surface area contributed by atoms with Crippen LogP contribution in [0, 0.1) is 0 Å². The van der Waals surface area contributed by atoms with Gasteiger partial charge in [-0.3, -0.25) is 0 Å². The number of para-hydroxylation sites is 2. The lowest BCUT2D eigenvalue weighted by atomic mass is 10.2. The molecule has 1 saturated heterocycles. The zero-order valence-electron chi connectivity index (χ0n) is 15.7. The van der Waals surface area contributed by atoms with Crippen LogP contribution in [0.25, 0.3) is 0 Å². The lowest BCUT2D eigenvalue weighted by Crippen LogP contribution is -2.47. The van der Waals surface area contributed by atoms with Gasteiger partial charge in [-0.1, -0.05) is 29.8 Å². The highest BCUT2D eigenvalue weighted by Crippen LogP contribution is 2.29. The molecule has 2 heterocycles. The first-order chi connectivity index (χ1) is 13.7. The highest BCUT2D eigenvalue weighted by atomic mass is 35.5. The number of ether oxygens (including phenoxy) is 1. The molecule has 0 aliphatic carbocycles. The summed E-state index contributed by atoms with van der Waals surface area (Å²) in [5.41, 5.74) is 2.03. The standard InChI is InChI=1S/C21H22ClN5O/c1-28-19-8-3-2-7-18(19)26-11-13-27(14-12-26)21-23-10-9-20(25-21)24-17-6-4-5-16(22)15-17/h2-10,15H,11-14H2,1H3,(H,23,24,25). The Bertz CT molecular complexity index is 943. The lowest BCUT2D eigenvalue weighted by Gasteiger charge is -2.36. The van der Waals surface area contributed by atoms with E-state index in [4.69, 9.17) is 16.3 Å². The number of hydrogen-bond acceptors (Lipinski definition) is 6. The van der Waals surface area contributed by atoms with Gasteiger partial charge in [0.2, 0.25) is 5.95 Å². The van der Waals surface area contributed by atoms with Crippen molar-refractivity contribution in [1.82, 2.24) is 9.97 Å². The van der Waals surface area contributed by atoms with Crippen LogP contribution in [-0.2, 0) is 0 Å². The lowest BCUT2D eigenvalue weighted by molar-refractivity contribution is 0.413. The number of piperazine rings is 1. The molecule has 1 N–H and O–H groups in total. The molecule has 144 valence electrons. The molecule has 0 unspecified atom stereocenters. The fraction of sp³-hybridized carbons (Fsp3) is 0.238. The highest BCUT2D eigenvalue weighted by Gasteiger charge is 2.21. The number of benzene rings is 2. The molecule has 0 saturated carbocycles. The fourth-order valence-corrected chi connectivity index (χ4v) is 3.51. The van der Waals surface area contributed by atoms with Crippen molar-refractivity contribution in [3.8, 4) is 5.75 Å². The summed E-state index contributed by atoms with van der Waals surface area (Å²) >= 11 is 6.06. The third-order valence-corrected chi connectivity index (χ3v) is 4.96. The summed E-state index contributed by atoms with van der Waals surface area (Å²) in [6, 6.07) is 17.6. The maximum Gasteiger partial charge on any atom is 0.227 e. The van der Waals surface area contributed by atoms with E-state index in [9.17, 15) is 0 Å². The van der Waals surface area contributed by atoms with Crippen LogP contribution in [0.5, 0.6) is 5.75 Å². The fourth-order valence-electron chi connectivity index (χ4n) is 3.32. The van der Waals surface area contributed by atoms with Gasteiger partial charge in [-0.05, 0) is 36.4 Å². The van der Waals surface area contributed by atoms with Crippen LogP contribution in [-0.4, -0.2) is 43.3 Å². The first-order valence-electron chi connectivity index (χ1n) is 9.21. The van der Waals surface area contributed by atoms with E-state index in [0.717, 1.165) is 55.1 Å². The van der Waals surface area contributed by atoms with E-state index < -0.39 is 0 Å². The monoisotopic (exact) mass is 395 g/mol. The van der Waals surface area contributed by atoms with Crippen molar-refractivity contribution in [3.63, 3.8) is 0 Å². The summed E-state index contributed by atoms with van der Waals surface area (Å²) in [4.78, 5) is 13.7. The number of methoxy groups -OCH3 is 1. The van der Waals surface area contributed by atoms with E-state index in [2.05, 4.69) is 31.2 Å². The molecule has 7 heteroatoms. The van der Waals surface area contributed by atoms with Gasteiger partial charge in [-0.15, -0.1) is 0 Å². The molecule has 3 aromatic rings. The molecule has 28 heavy (non-hydrogen) atoms. The SMILES string of the molecule is COc1ccccc1N1CCN(c2nccc(Nc3cccc(Cl)c3)n2)CC1. The average Bonchev–Trinajstić information content (AvgIpc) is 2.74. The van der Waals surface area contributed by atoms with Crippen LogP contribution in [0.4, 0.5) is 23.1 Å². The van der Waals surface area contributed by atoms with E-state index in [1.165, 1.54) is 0 Å². The number of aromatic nitrogens is 2. The number of nitrogens with one attached hydrogen (secondary N) is 1. The number of nitrogens with zero attached hydrogens (tertiary/aromatic N) is 4. The number of anilines is 4. The molecule has 1 aliphatic heterocycles. The Balaban J connectivity index is 1.43. The van der Waals surface area contributed by atoms with Crippen LogP contribution >= 0.6 is 11.6 Å². The summed E-state index contributed by atoms with van der Waals surface area (Å²) in [5.74, 6) is 2.38. The molecular weight excluding hydrogens is 374 g/mol. The van der Waals surface area contributed by atoms with Gasteiger partial charge in [0, 0.05) is 43.1 Å². The highest BCUT2D eigenvalue weighted by molar-refractivity contribution is 6.30. The van der Waals surface area contributed by atoms with E-state index in [-0.39, 0.29) is 0 Å². The number of hydrogen-bond donors (Lipinski definition) is 1. The van der Waals surface area contributed by atoms with Gasteiger partial charge in [0.05, 0.1) is 12.8 Å². The van der Waals surface area contributed by atoms with Crippen molar-refractivity contribution in [2.45, 2.75) is 0 Å². The predicted octanol–water partition coefficient (Wildman–Crippen LogP) is 4.21. The molecule has 6 nitrogen and oxygen atoms in total. The molecule has 0 spiro atoms. The second-order valence-electron chi connectivity index (χ2n) is 6.52. The first kappa shape index (κ1) is 18.4. The van der Waals surface area contributed by atoms with Gasteiger partial charge in [-0.25, -0.2) is 4.98 Å². The smallest absolute Gasteiger partial charge is 0.227 e. The Labute approximate surface area is 169 Å². The normalized spacial score (nSPS) is 14.1. The predicted molar refractivity (Wildman–Crippen MR) is 114 cm³/mol. The largest absolute Gasteiger partial charge is 0.495 e. The minimum absolute atomic E-state index is 0.687. The molecule has 1 aliphatic rings. The van der Waals surface area contributed by atoms with Crippen molar-refractivity contribution in [2.24, 2.45) is 0 Å². The maximum absolute atomic E-state index is 6.06. The van der Waals surface area contributed by atoms with Crippen molar-refractivity contribution in [2.75, 3.05) is 48.4 Å². The molecule has 2 aromatic carbocycles. The van der Waals surface area contributed by atoms with E-state index in [0.29, 0.717) is 5.02 Å². The van der Waals surface area contributed by atoms with Gasteiger partial charge in [-0.2, -0.15) is 4.98 Å². The molecule has 0 radical (unpaired) electrons. The average molecular weight is 396 g/mol. The van der Waals surface area contributed by atoms with Gasteiger partial charge in [0.15, 0.2) is 0 Å². The maximum atomic E-state index is 6.06. The van der Waals surface area contributed by atoms with E-state index in [1.54, 1.807) is 13.3 Å². The molecule has 0 atom stereocenters. The topological polar surface area (TPSA) is 53.5 Å². The number of rotatable bonds is 5. The Morgan fingerprint density at radius 2 is 1.75 bits per heavy atom. The zero-order chi connectivity index (χ0) is 19.3. The summed E-state index contributed by atoms with van der Waals surface area (Å²) in [7, 11) is 1.71. The van der Waals surface area contributed by atoms with Crippen molar-refractivity contribution < 1.29 is 4.74 Å². The van der Waals surface area contributed by atoms with Gasteiger partial charge >= 0.3 is 0 Å². The third-order valence-electron chi connectivity index (χ3n) is 4.73. The van der Waals surface area contributed by atoms with E-state index >= 15 is 0 Å². The van der Waals surface area contributed by atoms with Crippen molar-refractivity contribution >= 4 is 34.7 Å². The minimum atomic E-state index is 0.687. The molecule has 1 fully saturated rings.